The Morgan fingerprint density at radius 3 is 2.73 bits per heavy atom. The number of fused-ring (bicyclic) bond motifs is 5. The Labute approximate surface area is 217 Å². The summed E-state index contributed by atoms with van der Waals surface area (Å²) in [7, 11) is 0. The van der Waals surface area contributed by atoms with Gasteiger partial charge >= 0.3 is 5.97 Å². The van der Waals surface area contributed by atoms with Gasteiger partial charge in [0.2, 0.25) is 12.6 Å². The van der Waals surface area contributed by atoms with E-state index in [1.165, 1.54) is 37.5 Å². The molecule has 10 atom stereocenters. The molecule has 1 N–H and O–H groups in total. The number of halogens is 3. The number of ketones is 1. The van der Waals surface area contributed by atoms with Gasteiger partial charge in [-0.2, -0.15) is 0 Å². The van der Waals surface area contributed by atoms with Crippen molar-refractivity contribution in [2.75, 3.05) is 6.86 Å². The highest BCUT2D eigenvalue weighted by atomic mass is 32.1. The zero-order valence-corrected chi connectivity index (χ0v) is 21.5. The van der Waals surface area contributed by atoms with Crippen molar-refractivity contribution in [3.8, 4) is 0 Å². The summed E-state index contributed by atoms with van der Waals surface area (Å²) in [6, 6.07) is 2.81. The third-order valence-electron chi connectivity index (χ3n) is 9.42. The van der Waals surface area contributed by atoms with Crippen molar-refractivity contribution < 1.29 is 41.8 Å². The number of aliphatic hydroxyl groups excluding tert-OH is 1. The van der Waals surface area contributed by atoms with Crippen molar-refractivity contribution in [3.63, 3.8) is 0 Å². The molecule has 4 aliphatic rings. The highest BCUT2D eigenvalue weighted by Crippen LogP contribution is 2.70. The fraction of sp³-hybridized carbons (Fsp3) is 0.593. The van der Waals surface area contributed by atoms with Crippen LogP contribution < -0.4 is 0 Å². The number of aliphatic hydroxyl groups is 1. The van der Waals surface area contributed by atoms with Gasteiger partial charge in [-0.3, -0.25) is 4.79 Å². The Morgan fingerprint density at radius 1 is 1.35 bits per heavy atom. The Bertz CT molecular complexity index is 1180. The molecular weight excluding hydrogens is 509 g/mol. The maximum atomic E-state index is 17.7. The summed E-state index contributed by atoms with van der Waals surface area (Å²) in [6.45, 7) is 4.03. The van der Waals surface area contributed by atoms with Crippen LogP contribution in [0.2, 0.25) is 0 Å². The molecule has 37 heavy (non-hydrogen) atoms. The van der Waals surface area contributed by atoms with E-state index in [4.69, 9.17) is 26.1 Å². The average molecular weight is 539 g/mol. The lowest BCUT2D eigenvalue weighted by molar-refractivity contribution is -0.231. The molecular formula is C27H29F3O6S. The molecule has 6 nitrogen and oxygen atoms in total. The van der Waals surface area contributed by atoms with Crippen LogP contribution in [0, 0.1) is 34.5 Å². The third-order valence-corrected chi connectivity index (χ3v) is 9.79. The van der Waals surface area contributed by atoms with Crippen LogP contribution in [-0.2, 0) is 14.3 Å². The van der Waals surface area contributed by atoms with Crippen LogP contribution in [0.25, 0.3) is 0 Å². The monoisotopic (exact) mass is 538 g/mol. The number of esters is 1. The van der Waals surface area contributed by atoms with Gasteiger partial charge in [0.05, 0.1) is 12.4 Å². The van der Waals surface area contributed by atoms with Crippen molar-refractivity contribution in [3.05, 3.63) is 48.0 Å². The Morgan fingerprint density at radius 2 is 2.08 bits per heavy atom. The number of ether oxygens (including phenoxy) is 2. The lowest BCUT2D eigenvalue weighted by atomic mass is 9.44. The first kappa shape index (κ1) is 26.2. The summed E-state index contributed by atoms with van der Waals surface area (Å²) >= 11 is 5.38. The molecule has 3 fully saturated rings. The van der Waals surface area contributed by atoms with Crippen molar-refractivity contribution in [2.24, 2.45) is 34.5 Å². The van der Waals surface area contributed by atoms with Gasteiger partial charge in [-0.1, -0.05) is 19.9 Å². The largest absolute Gasteiger partial charge is 0.457 e. The standard InChI is InChI=1S/C27H29F3O6S/c1-13-9-15-20-22(36-23(33)17-5-4-8-34-17)21(29)16-10-14(31)6-7-26(16,3)27(20,30)18(32)11-25(15,2)19(13)24(37)35-12-28/h4-8,10,13,15,18-22,32H,9,11-12H2,1-3H3/t13-,15+,18+,19-,20+,21-,22+,25+,26+,27-/m1/s1. The molecule has 1 heterocycles. The maximum Gasteiger partial charge on any atom is 0.374 e. The molecule has 1 aromatic heterocycles. The molecule has 5 rings (SSSR count). The van der Waals surface area contributed by atoms with Crippen LogP contribution in [0.15, 0.2) is 46.6 Å². The second-order valence-corrected chi connectivity index (χ2v) is 11.6. The number of carbonyl (C=O) groups excluding carboxylic acids is 2. The summed E-state index contributed by atoms with van der Waals surface area (Å²) in [4.78, 5) is 25.2. The van der Waals surface area contributed by atoms with E-state index in [0.29, 0.717) is 6.42 Å². The minimum Gasteiger partial charge on any atom is -0.457 e. The van der Waals surface area contributed by atoms with E-state index in [9.17, 15) is 19.1 Å². The first-order valence-electron chi connectivity index (χ1n) is 12.3. The molecule has 10 heteroatoms. The van der Waals surface area contributed by atoms with Gasteiger partial charge in [0.15, 0.2) is 22.7 Å². The van der Waals surface area contributed by atoms with Gasteiger partial charge in [-0.05, 0) is 79.1 Å². The summed E-state index contributed by atoms with van der Waals surface area (Å²) < 4.78 is 63.0. The van der Waals surface area contributed by atoms with Crippen LogP contribution in [0.1, 0.15) is 44.2 Å². The zero-order valence-electron chi connectivity index (χ0n) is 20.7. The summed E-state index contributed by atoms with van der Waals surface area (Å²) in [5, 5.41) is 11.5. The first-order chi connectivity index (χ1) is 17.4. The van der Waals surface area contributed by atoms with Crippen molar-refractivity contribution in [1.29, 1.82) is 0 Å². The van der Waals surface area contributed by atoms with E-state index in [-0.39, 0.29) is 28.7 Å². The van der Waals surface area contributed by atoms with E-state index in [0.717, 1.165) is 6.08 Å². The summed E-state index contributed by atoms with van der Waals surface area (Å²) in [6.07, 6.45) is -0.252. The number of furan rings is 1. The van der Waals surface area contributed by atoms with Crippen LogP contribution >= 0.6 is 12.2 Å². The van der Waals surface area contributed by atoms with E-state index in [1.54, 1.807) is 0 Å². The molecule has 0 radical (unpaired) electrons. The molecule has 0 aliphatic heterocycles. The van der Waals surface area contributed by atoms with Crippen molar-refractivity contribution in [2.45, 2.75) is 57.7 Å². The fourth-order valence-electron chi connectivity index (χ4n) is 7.89. The van der Waals surface area contributed by atoms with Crippen molar-refractivity contribution in [1.82, 2.24) is 0 Å². The quantitative estimate of drug-likeness (QED) is 0.433. The lowest BCUT2D eigenvalue weighted by Gasteiger charge is -2.63. The van der Waals surface area contributed by atoms with E-state index < -0.39 is 71.2 Å². The Balaban J connectivity index is 1.66. The predicted octanol–water partition coefficient (Wildman–Crippen LogP) is 4.87. The van der Waals surface area contributed by atoms with Crippen LogP contribution in [-0.4, -0.2) is 52.8 Å². The highest BCUT2D eigenvalue weighted by molar-refractivity contribution is 7.80. The molecule has 0 spiro atoms. The molecule has 0 saturated heterocycles. The van der Waals surface area contributed by atoms with Gasteiger partial charge in [0, 0.05) is 17.3 Å². The molecule has 3 saturated carbocycles. The van der Waals surface area contributed by atoms with E-state index in [1.807, 2.05) is 13.8 Å². The number of thiocarbonyl (C=S) groups is 1. The number of hydrogen-bond donors (Lipinski definition) is 1. The van der Waals surface area contributed by atoms with E-state index in [2.05, 4.69) is 0 Å². The fourth-order valence-corrected chi connectivity index (χ4v) is 8.43. The minimum atomic E-state index is -2.49. The molecule has 0 aromatic carbocycles. The second-order valence-electron chi connectivity index (χ2n) is 11.2. The predicted molar refractivity (Wildman–Crippen MR) is 130 cm³/mol. The minimum absolute atomic E-state index is 0.0188. The zero-order chi connectivity index (χ0) is 26.9. The van der Waals surface area contributed by atoms with Crippen LogP contribution in [0.3, 0.4) is 0 Å². The number of hydrogen-bond acceptors (Lipinski definition) is 7. The molecule has 0 unspecified atom stereocenters. The molecule has 0 amide bonds. The van der Waals surface area contributed by atoms with Gasteiger partial charge in [0.25, 0.3) is 0 Å². The Kier molecular flexibility index (Phi) is 6.22. The SMILES string of the molecule is C[C@@H]1C[C@H]2[C@H]3[C@H](OC(=O)c4ccco4)[C@H](F)C4=CC(=O)C=C[C@]4(C)[C@@]3(F)[C@@H](O)C[C@]2(C)[C@H]1C(=S)OCF. The third kappa shape index (κ3) is 3.51. The normalized spacial score (nSPS) is 44.4. The van der Waals surface area contributed by atoms with Gasteiger partial charge in [-0.25, -0.2) is 18.0 Å². The number of allylic oxidation sites excluding steroid dienone is 3. The molecule has 200 valence electrons. The smallest absolute Gasteiger partial charge is 0.374 e. The summed E-state index contributed by atoms with van der Waals surface area (Å²) in [5.74, 6) is -4.33. The molecule has 1 aromatic rings. The number of carbonyl (C=O) groups is 2. The van der Waals surface area contributed by atoms with E-state index >= 15 is 8.78 Å². The molecule has 0 bridgehead atoms. The Hall–Kier alpha value is -2.46. The van der Waals surface area contributed by atoms with Crippen LogP contribution in [0.5, 0.6) is 0 Å². The van der Waals surface area contributed by atoms with Crippen LogP contribution in [0.4, 0.5) is 13.2 Å². The van der Waals surface area contributed by atoms with Crippen molar-refractivity contribution >= 4 is 29.0 Å². The van der Waals surface area contributed by atoms with Gasteiger partial charge in [-0.15, -0.1) is 0 Å². The van der Waals surface area contributed by atoms with Gasteiger partial charge in [0.1, 0.15) is 6.10 Å². The van der Waals surface area contributed by atoms with Gasteiger partial charge < -0.3 is 19.0 Å². The summed E-state index contributed by atoms with van der Waals surface area (Å²) in [5.41, 5.74) is -5.24. The first-order valence-corrected chi connectivity index (χ1v) is 12.7. The average Bonchev–Trinajstić information content (AvgIpc) is 3.45. The highest BCUT2D eigenvalue weighted by Gasteiger charge is 2.76. The lowest BCUT2D eigenvalue weighted by Crippen LogP contribution is -2.72. The second kappa shape index (κ2) is 8.80. The molecule has 4 aliphatic carbocycles. The maximum absolute atomic E-state index is 17.7. The number of rotatable bonds is 4. The topological polar surface area (TPSA) is 86.0 Å². The number of alkyl halides is 3.